The molecule has 0 saturated heterocycles. The maximum Gasteiger partial charge on any atom is 0.264 e. The second-order valence-corrected chi connectivity index (χ2v) is 9.56. The van der Waals surface area contributed by atoms with E-state index in [4.69, 9.17) is 9.26 Å². The van der Waals surface area contributed by atoms with Crippen molar-refractivity contribution in [1.29, 1.82) is 0 Å². The summed E-state index contributed by atoms with van der Waals surface area (Å²) in [6.07, 6.45) is 3.96. The summed E-state index contributed by atoms with van der Waals surface area (Å²) in [7, 11) is 1.58. The lowest BCUT2D eigenvalue weighted by Gasteiger charge is -2.26. The van der Waals surface area contributed by atoms with Gasteiger partial charge in [-0.2, -0.15) is 0 Å². The highest BCUT2D eigenvalue weighted by Crippen LogP contribution is 2.37. The van der Waals surface area contributed by atoms with Crippen LogP contribution in [0.15, 0.2) is 51.9 Å². The zero-order valence-corrected chi connectivity index (χ0v) is 21.2. The average molecular weight is 503 g/mol. The van der Waals surface area contributed by atoms with Gasteiger partial charge in [0, 0.05) is 29.3 Å². The zero-order chi connectivity index (χ0) is 26.1. The van der Waals surface area contributed by atoms with Crippen molar-refractivity contribution in [2.45, 2.75) is 58.2 Å². The molecule has 192 valence electrons. The number of aromatic nitrogens is 3. The molecule has 9 heteroatoms. The van der Waals surface area contributed by atoms with Crippen LogP contribution >= 0.6 is 0 Å². The van der Waals surface area contributed by atoms with E-state index in [0.717, 1.165) is 16.8 Å². The molecule has 4 aromatic rings. The molecule has 0 bridgehead atoms. The number of rotatable bonds is 6. The van der Waals surface area contributed by atoms with Crippen LogP contribution in [0.4, 0.5) is 0 Å². The highest BCUT2D eigenvalue weighted by molar-refractivity contribution is 5.99. The number of hydrogen-bond acceptors (Lipinski definition) is 7. The van der Waals surface area contributed by atoms with Crippen molar-refractivity contribution in [1.82, 2.24) is 20.0 Å². The summed E-state index contributed by atoms with van der Waals surface area (Å²) < 4.78 is 12.7. The Labute approximate surface area is 214 Å². The molecule has 0 radical (unpaired) electrons. The van der Waals surface area contributed by atoms with Crippen LogP contribution < -0.4 is 15.6 Å². The molecule has 1 aliphatic carbocycles. The van der Waals surface area contributed by atoms with Gasteiger partial charge in [-0.3, -0.25) is 14.6 Å². The quantitative estimate of drug-likeness (QED) is 0.412. The number of amides is 1. The lowest BCUT2D eigenvalue weighted by molar-refractivity contribution is 0.0866. The fraction of sp³-hybridized carbons (Fsp3) is 0.357. The first kappa shape index (κ1) is 24.7. The van der Waals surface area contributed by atoms with Gasteiger partial charge < -0.3 is 24.3 Å². The van der Waals surface area contributed by atoms with Gasteiger partial charge >= 0.3 is 0 Å². The summed E-state index contributed by atoms with van der Waals surface area (Å²) in [4.78, 5) is 31.5. The van der Waals surface area contributed by atoms with Crippen LogP contribution in [-0.2, 0) is 6.54 Å². The first-order valence-electron chi connectivity index (χ1n) is 12.4. The highest BCUT2D eigenvalue weighted by atomic mass is 16.5. The summed E-state index contributed by atoms with van der Waals surface area (Å²) in [5.41, 5.74) is 3.27. The van der Waals surface area contributed by atoms with Crippen LogP contribution in [-0.4, -0.2) is 45.0 Å². The van der Waals surface area contributed by atoms with E-state index in [9.17, 15) is 14.7 Å². The van der Waals surface area contributed by atoms with Crippen molar-refractivity contribution in [2.24, 2.45) is 0 Å². The molecule has 1 fully saturated rings. The molecule has 5 rings (SSSR count). The van der Waals surface area contributed by atoms with Crippen molar-refractivity contribution in [3.63, 3.8) is 0 Å². The van der Waals surface area contributed by atoms with Crippen LogP contribution in [0.5, 0.6) is 5.75 Å². The summed E-state index contributed by atoms with van der Waals surface area (Å²) in [5, 5.41) is 17.6. The van der Waals surface area contributed by atoms with Gasteiger partial charge in [0.2, 0.25) is 0 Å². The van der Waals surface area contributed by atoms with Crippen LogP contribution in [0.3, 0.4) is 0 Å². The number of carbonyl (C=O) groups excluding carboxylic acids is 1. The third-order valence-corrected chi connectivity index (χ3v) is 7.04. The minimum Gasteiger partial charge on any atom is -0.496 e. The van der Waals surface area contributed by atoms with Gasteiger partial charge in [0.25, 0.3) is 11.5 Å². The zero-order valence-electron chi connectivity index (χ0n) is 21.2. The predicted octanol–water partition coefficient (Wildman–Crippen LogP) is 3.76. The van der Waals surface area contributed by atoms with Crippen LogP contribution in [0.1, 0.15) is 53.2 Å². The molecule has 1 aromatic carbocycles. The number of nitrogens with one attached hydrogen (secondary N) is 1. The van der Waals surface area contributed by atoms with Gasteiger partial charge in [0.05, 0.1) is 42.2 Å². The summed E-state index contributed by atoms with van der Waals surface area (Å²) >= 11 is 0. The first-order valence-corrected chi connectivity index (χ1v) is 12.4. The second-order valence-electron chi connectivity index (χ2n) is 9.56. The number of hydrogen-bond donors (Lipinski definition) is 2. The van der Waals surface area contributed by atoms with Gasteiger partial charge in [-0.25, -0.2) is 0 Å². The Bertz CT molecular complexity index is 1480. The van der Waals surface area contributed by atoms with Gasteiger partial charge in [0.15, 0.2) is 0 Å². The largest absolute Gasteiger partial charge is 0.496 e. The number of carbonyl (C=O) groups is 1. The molecule has 3 heterocycles. The number of ether oxygens (including phenoxy) is 1. The Kier molecular flexibility index (Phi) is 6.80. The van der Waals surface area contributed by atoms with E-state index in [0.29, 0.717) is 53.8 Å². The lowest BCUT2D eigenvalue weighted by Crippen LogP contribution is -2.41. The van der Waals surface area contributed by atoms with Crippen LogP contribution in [0.2, 0.25) is 0 Å². The molecule has 0 aliphatic heterocycles. The van der Waals surface area contributed by atoms with E-state index in [1.165, 1.54) is 0 Å². The minimum absolute atomic E-state index is 0.0597. The molecule has 1 amide bonds. The summed E-state index contributed by atoms with van der Waals surface area (Å²) in [6, 6.07) is 10.8. The van der Waals surface area contributed by atoms with E-state index in [2.05, 4.69) is 15.5 Å². The van der Waals surface area contributed by atoms with Crippen LogP contribution in [0.25, 0.3) is 22.0 Å². The van der Waals surface area contributed by atoms with E-state index in [-0.39, 0.29) is 24.3 Å². The number of benzene rings is 1. The number of aliphatic hydroxyl groups excluding tert-OH is 1. The Morgan fingerprint density at radius 3 is 2.62 bits per heavy atom. The number of aryl methyl sites for hydroxylation is 2. The predicted molar refractivity (Wildman–Crippen MR) is 139 cm³/mol. The normalized spacial score (nSPS) is 17.6. The highest BCUT2D eigenvalue weighted by Gasteiger charge is 2.25. The Morgan fingerprint density at radius 1 is 1.19 bits per heavy atom. The molecule has 0 atom stereocenters. The Hall–Kier alpha value is -3.98. The van der Waals surface area contributed by atoms with Crippen molar-refractivity contribution in [3.8, 4) is 16.9 Å². The maximum atomic E-state index is 13.7. The molecular formula is C28H30N4O5. The van der Waals surface area contributed by atoms with E-state index in [1.807, 2.05) is 44.2 Å². The van der Waals surface area contributed by atoms with Gasteiger partial charge in [-0.05, 0) is 63.8 Å². The third kappa shape index (κ3) is 4.86. The Balaban J connectivity index is 1.66. The molecule has 0 spiro atoms. The van der Waals surface area contributed by atoms with Crippen molar-refractivity contribution < 1.29 is 19.2 Å². The average Bonchev–Trinajstić information content (AvgIpc) is 3.24. The number of fused-ring (bicyclic) bond motifs is 1. The number of nitrogens with zero attached hydrogens (tertiary/aromatic N) is 3. The Morgan fingerprint density at radius 2 is 1.97 bits per heavy atom. The fourth-order valence-electron chi connectivity index (χ4n) is 5.10. The molecule has 37 heavy (non-hydrogen) atoms. The van der Waals surface area contributed by atoms with E-state index in [1.54, 1.807) is 23.9 Å². The molecule has 9 nitrogen and oxygen atoms in total. The van der Waals surface area contributed by atoms with Crippen molar-refractivity contribution in [2.75, 3.05) is 7.11 Å². The summed E-state index contributed by atoms with van der Waals surface area (Å²) in [6.45, 7) is 3.89. The lowest BCUT2D eigenvalue weighted by atomic mass is 9.93. The molecule has 1 saturated carbocycles. The van der Waals surface area contributed by atoms with Gasteiger partial charge in [-0.15, -0.1) is 0 Å². The summed E-state index contributed by atoms with van der Waals surface area (Å²) in [5.74, 6) is 0.793. The van der Waals surface area contributed by atoms with Gasteiger partial charge in [0.1, 0.15) is 17.1 Å². The van der Waals surface area contributed by atoms with E-state index < -0.39 is 11.5 Å². The van der Waals surface area contributed by atoms with Crippen molar-refractivity contribution in [3.05, 3.63) is 75.7 Å². The topological polar surface area (TPSA) is 119 Å². The molecule has 3 aromatic heterocycles. The second kappa shape index (κ2) is 10.2. The molecular weight excluding hydrogens is 472 g/mol. The molecule has 2 N–H and O–H groups in total. The maximum absolute atomic E-state index is 13.7. The fourth-order valence-corrected chi connectivity index (χ4v) is 5.10. The van der Waals surface area contributed by atoms with Gasteiger partial charge in [-0.1, -0.05) is 11.2 Å². The number of pyridine rings is 2. The smallest absolute Gasteiger partial charge is 0.264 e. The van der Waals surface area contributed by atoms with Crippen molar-refractivity contribution >= 4 is 16.8 Å². The number of aliphatic hydroxyl groups is 1. The van der Waals surface area contributed by atoms with E-state index >= 15 is 0 Å². The SMILES string of the molecule is COc1cc2c(cc1-c1c(C)noc1C)cc(C(=O)NC1CCC(O)CC1)c(=O)n2Cc1ccccn1. The third-order valence-electron chi connectivity index (χ3n) is 7.04. The minimum atomic E-state index is -0.419. The molecule has 0 unspecified atom stereocenters. The monoisotopic (exact) mass is 502 g/mol. The van der Waals surface area contributed by atoms with Crippen LogP contribution in [0, 0.1) is 13.8 Å². The molecule has 1 aliphatic rings. The standard InChI is InChI=1S/C28H30N4O5/c1-16-26(17(2)37-31-16)22-12-18-13-23(27(34)30-19-7-9-21(33)10-8-19)28(35)32(24(18)14-25(22)36-3)15-20-6-4-5-11-29-20/h4-6,11-14,19,21,33H,7-10,15H2,1-3H3,(H,30,34). The first-order chi connectivity index (χ1) is 17.9. The number of methoxy groups -OCH3 is 1.